The van der Waals surface area contributed by atoms with Gasteiger partial charge in [-0.1, -0.05) is 25.7 Å². The molecule has 0 radical (unpaired) electrons. The van der Waals surface area contributed by atoms with E-state index in [0.29, 0.717) is 24.0 Å². The molecular weight excluding hydrogens is 482 g/mol. The quantitative estimate of drug-likeness (QED) is 0.493. The van der Waals surface area contributed by atoms with Gasteiger partial charge in [-0.05, 0) is 79.9 Å². The Hall–Kier alpha value is -2.13. The molecule has 2 fully saturated rings. The SMILES string of the molecule is COc1ccc(Nc2nc(NC3CCN(C)CC3)nc(N(C)C3CCCCCC3)n2)cc1Br. The van der Waals surface area contributed by atoms with Crippen molar-refractivity contribution in [1.82, 2.24) is 19.9 Å². The Bertz CT molecular complexity index is 912. The highest BCUT2D eigenvalue weighted by molar-refractivity contribution is 9.10. The summed E-state index contributed by atoms with van der Waals surface area (Å²) in [7, 11) is 5.96. The molecule has 33 heavy (non-hydrogen) atoms. The molecule has 0 amide bonds. The summed E-state index contributed by atoms with van der Waals surface area (Å²) >= 11 is 3.56. The number of hydrogen-bond acceptors (Lipinski definition) is 8. The van der Waals surface area contributed by atoms with E-state index in [-0.39, 0.29) is 0 Å². The summed E-state index contributed by atoms with van der Waals surface area (Å²) in [5.74, 6) is 2.70. The van der Waals surface area contributed by atoms with Crippen molar-refractivity contribution in [3.63, 3.8) is 0 Å². The molecule has 1 aromatic carbocycles. The standard InChI is InChI=1S/C24H36BrN7O/c1-31-14-12-17(13-15-31)26-22-28-23(27-18-10-11-21(33-3)20(25)16-18)30-24(29-22)32(2)19-8-6-4-5-7-9-19/h10-11,16-17,19H,4-9,12-15H2,1-3H3,(H2,26,27,28,29,30). The normalized spacial score (nSPS) is 18.5. The number of nitrogens with one attached hydrogen (secondary N) is 2. The molecule has 8 nitrogen and oxygen atoms in total. The van der Waals surface area contributed by atoms with Gasteiger partial charge in [-0.15, -0.1) is 0 Å². The molecular formula is C24H36BrN7O. The Labute approximate surface area is 205 Å². The van der Waals surface area contributed by atoms with Crippen LogP contribution < -0.4 is 20.3 Å². The Kier molecular flexibility index (Phi) is 8.25. The average Bonchev–Trinajstić information content (AvgIpc) is 3.10. The van der Waals surface area contributed by atoms with Crippen LogP contribution in [0.3, 0.4) is 0 Å². The number of methoxy groups -OCH3 is 1. The van der Waals surface area contributed by atoms with Gasteiger partial charge < -0.3 is 25.2 Å². The number of piperidine rings is 1. The van der Waals surface area contributed by atoms with Gasteiger partial charge >= 0.3 is 0 Å². The summed E-state index contributed by atoms with van der Waals surface area (Å²) in [6.07, 6.45) is 9.74. The highest BCUT2D eigenvalue weighted by Gasteiger charge is 2.22. The van der Waals surface area contributed by atoms with Crippen LogP contribution in [0.4, 0.5) is 23.5 Å². The van der Waals surface area contributed by atoms with Crippen LogP contribution in [-0.2, 0) is 0 Å². The van der Waals surface area contributed by atoms with Crippen molar-refractivity contribution >= 4 is 39.5 Å². The molecule has 9 heteroatoms. The third-order valence-corrected chi connectivity index (χ3v) is 7.39. The number of nitrogens with zero attached hydrogens (tertiary/aromatic N) is 5. The van der Waals surface area contributed by atoms with Gasteiger partial charge in [0.05, 0.1) is 11.6 Å². The van der Waals surface area contributed by atoms with Crippen LogP contribution in [0.2, 0.25) is 0 Å². The number of hydrogen-bond donors (Lipinski definition) is 2. The molecule has 0 spiro atoms. The van der Waals surface area contributed by atoms with E-state index in [9.17, 15) is 0 Å². The molecule has 1 saturated carbocycles. The molecule has 1 aliphatic heterocycles. The van der Waals surface area contributed by atoms with Crippen LogP contribution in [0.25, 0.3) is 0 Å². The summed E-state index contributed by atoms with van der Waals surface area (Å²) in [5.41, 5.74) is 0.891. The highest BCUT2D eigenvalue weighted by atomic mass is 79.9. The van der Waals surface area contributed by atoms with Gasteiger partial charge in [0.25, 0.3) is 0 Å². The molecule has 2 aliphatic rings. The lowest BCUT2D eigenvalue weighted by atomic mass is 10.1. The first-order chi connectivity index (χ1) is 16.0. The Morgan fingerprint density at radius 3 is 2.36 bits per heavy atom. The van der Waals surface area contributed by atoms with Gasteiger partial charge in [0.1, 0.15) is 5.75 Å². The fourth-order valence-corrected chi connectivity index (χ4v) is 5.20. The van der Waals surface area contributed by atoms with Gasteiger partial charge in [-0.25, -0.2) is 0 Å². The summed E-state index contributed by atoms with van der Waals surface area (Å²) in [4.78, 5) is 19.0. The molecule has 1 aliphatic carbocycles. The summed E-state index contributed by atoms with van der Waals surface area (Å²) < 4.78 is 6.23. The zero-order valence-electron chi connectivity index (χ0n) is 20.0. The van der Waals surface area contributed by atoms with Crippen LogP contribution >= 0.6 is 15.9 Å². The van der Waals surface area contributed by atoms with Crippen molar-refractivity contribution in [2.75, 3.05) is 49.8 Å². The lowest BCUT2D eigenvalue weighted by Crippen LogP contribution is -2.37. The molecule has 2 heterocycles. The van der Waals surface area contributed by atoms with Crippen molar-refractivity contribution < 1.29 is 4.74 Å². The van der Waals surface area contributed by atoms with E-state index in [1.807, 2.05) is 18.2 Å². The lowest BCUT2D eigenvalue weighted by molar-refractivity contribution is 0.263. The van der Waals surface area contributed by atoms with E-state index in [0.717, 1.165) is 47.8 Å². The van der Waals surface area contributed by atoms with E-state index < -0.39 is 0 Å². The number of anilines is 4. The maximum atomic E-state index is 5.35. The minimum atomic E-state index is 0.377. The van der Waals surface area contributed by atoms with E-state index in [1.54, 1.807) is 7.11 Å². The number of likely N-dealkylation sites (tertiary alicyclic amines) is 1. The second-order valence-electron chi connectivity index (χ2n) is 9.24. The van der Waals surface area contributed by atoms with Crippen molar-refractivity contribution in [2.45, 2.75) is 63.5 Å². The molecule has 0 bridgehead atoms. The van der Waals surface area contributed by atoms with Gasteiger partial charge in [0.15, 0.2) is 0 Å². The average molecular weight is 519 g/mol. The third-order valence-electron chi connectivity index (χ3n) is 6.77. The second-order valence-corrected chi connectivity index (χ2v) is 10.1. The second kappa shape index (κ2) is 11.3. The van der Waals surface area contributed by atoms with Gasteiger partial charge in [0, 0.05) is 24.8 Å². The largest absolute Gasteiger partial charge is 0.496 e. The van der Waals surface area contributed by atoms with Crippen LogP contribution in [0.5, 0.6) is 5.75 Å². The van der Waals surface area contributed by atoms with E-state index >= 15 is 0 Å². The van der Waals surface area contributed by atoms with Crippen molar-refractivity contribution in [3.8, 4) is 5.75 Å². The maximum Gasteiger partial charge on any atom is 0.233 e. The Morgan fingerprint density at radius 2 is 1.70 bits per heavy atom. The van der Waals surface area contributed by atoms with Gasteiger partial charge in [0.2, 0.25) is 17.8 Å². The van der Waals surface area contributed by atoms with Crippen LogP contribution in [0, 0.1) is 0 Å². The number of aromatic nitrogens is 3. The predicted molar refractivity (Wildman–Crippen MR) is 138 cm³/mol. The molecule has 1 saturated heterocycles. The Morgan fingerprint density at radius 1 is 1.00 bits per heavy atom. The van der Waals surface area contributed by atoms with E-state index in [1.165, 1.54) is 38.5 Å². The fourth-order valence-electron chi connectivity index (χ4n) is 4.66. The fraction of sp³-hybridized carbons (Fsp3) is 0.625. The van der Waals surface area contributed by atoms with E-state index in [4.69, 9.17) is 19.7 Å². The van der Waals surface area contributed by atoms with Crippen molar-refractivity contribution in [3.05, 3.63) is 22.7 Å². The van der Waals surface area contributed by atoms with Crippen molar-refractivity contribution in [2.24, 2.45) is 0 Å². The Balaban J connectivity index is 1.58. The van der Waals surface area contributed by atoms with Crippen molar-refractivity contribution in [1.29, 1.82) is 0 Å². The zero-order valence-corrected chi connectivity index (χ0v) is 21.6. The molecule has 2 aromatic rings. The molecule has 0 atom stereocenters. The lowest BCUT2D eigenvalue weighted by Gasteiger charge is -2.30. The first kappa shape index (κ1) is 24.0. The van der Waals surface area contributed by atoms with Gasteiger partial charge in [-0.2, -0.15) is 15.0 Å². The van der Waals surface area contributed by atoms with Crippen LogP contribution in [0.1, 0.15) is 51.4 Å². The molecule has 180 valence electrons. The monoisotopic (exact) mass is 517 g/mol. The highest BCUT2D eigenvalue weighted by Crippen LogP contribution is 2.30. The van der Waals surface area contributed by atoms with E-state index in [2.05, 4.69) is 50.5 Å². The maximum absolute atomic E-state index is 5.35. The minimum absolute atomic E-state index is 0.377. The number of benzene rings is 1. The molecule has 0 unspecified atom stereocenters. The number of rotatable bonds is 7. The number of ether oxygens (including phenoxy) is 1. The molecule has 2 N–H and O–H groups in total. The summed E-state index contributed by atoms with van der Waals surface area (Å²) in [5, 5.41) is 6.95. The van der Waals surface area contributed by atoms with Gasteiger partial charge in [-0.3, -0.25) is 0 Å². The summed E-state index contributed by atoms with van der Waals surface area (Å²) in [6.45, 7) is 2.17. The molecule has 1 aromatic heterocycles. The first-order valence-electron chi connectivity index (χ1n) is 12.1. The predicted octanol–water partition coefficient (Wildman–Crippen LogP) is 5.05. The minimum Gasteiger partial charge on any atom is -0.496 e. The zero-order chi connectivity index (χ0) is 23.2. The first-order valence-corrected chi connectivity index (χ1v) is 12.9. The molecule has 4 rings (SSSR count). The smallest absolute Gasteiger partial charge is 0.233 e. The van der Waals surface area contributed by atoms with Crippen LogP contribution in [-0.4, -0.2) is 66.2 Å². The number of halogens is 1. The topological polar surface area (TPSA) is 78.4 Å². The summed E-state index contributed by atoms with van der Waals surface area (Å²) in [6, 6.07) is 6.70. The van der Waals surface area contributed by atoms with Crippen LogP contribution in [0.15, 0.2) is 22.7 Å². The third kappa shape index (κ3) is 6.47.